The molecule has 4 nitrogen and oxygen atoms in total. The number of benzene rings is 2. The van der Waals surface area contributed by atoms with Crippen LogP contribution in [0.15, 0.2) is 40.9 Å². The van der Waals surface area contributed by atoms with E-state index in [0.29, 0.717) is 22.7 Å². The summed E-state index contributed by atoms with van der Waals surface area (Å²) in [7, 11) is 0. The maximum absolute atomic E-state index is 12.2. The van der Waals surface area contributed by atoms with Gasteiger partial charge in [0, 0.05) is 21.8 Å². The molecule has 1 heterocycles. The van der Waals surface area contributed by atoms with Crippen LogP contribution in [-0.2, 0) is 0 Å². The van der Waals surface area contributed by atoms with Crippen molar-refractivity contribution >= 4 is 27.5 Å². The molecule has 0 unspecified atom stereocenters. The lowest BCUT2D eigenvalue weighted by Gasteiger charge is -2.07. The molecule has 1 N–H and O–H groups in total. The third-order valence-corrected chi connectivity index (χ3v) is 3.92. The quantitative estimate of drug-likeness (QED) is 0.910. The number of ether oxygens (including phenoxy) is 2. The predicted molar refractivity (Wildman–Crippen MR) is 79.4 cm³/mol. The van der Waals surface area contributed by atoms with Crippen LogP contribution in [0.1, 0.15) is 15.9 Å². The molecular formula is C15H12BrNO3. The molecule has 1 aliphatic heterocycles. The van der Waals surface area contributed by atoms with E-state index in [4.69, 9.17) is 9.47 Å². The topological polar surface area (TPSA) is 47.6 Å². The number of halogens is 1. The van der Waals surface area contributed by atoms with Gasteiger partial charge in [0.1, 0.15) is 0 Å². The number of aryl methyl sites for hydroxylation is 1. The Morgan fingerprint density at radius 1 is 1.15 bits per heavy atom. The minimum Gasteiger partial charge on any atom is -0.454 e. The number of amides is 1. The molecule has 0 spiro atoms. The van der Waals surface area contributed by atoms with Gasteiger partial charge in [0.15, 0.2) is 11.5 Å². The van der Waals surface area contributed by atoms with E-state index in [2.05, 4.69) is 21.2 Å². The van der Waals surface area contributed by atoms with E-state index < -0.39 is 0 Å². The van der Waals surface area contributed by atoms with Crippen LogP contribution in [0.2, 0.25) is 0 Å². The van der Waals surface area contributed by atoms with Crippen molar-refractivity contribution < 1.29 is 14.3 Å². The normalized spacial score (nSPS) is 12.3. The van der Waals surface area contributed by atoms with Crippen molar-refractivity contribution in [1.82, 2.24) is 0 Å². The van der Waals surface area contributed by atoms with E-state index in [1.165, 1.54) is 0 Å². The Morgan fingerprint density at radius 3 is 2.75 bits per heavy atom. The number of nitrogens with one attached hydrogen (secondary N) is 1. The number of carbonyl (C=O) groups excluding carboxylic acids is 1. The number of hydrogen-bond acceptors (Lipinski definition) is 3. The van der Waals surface area contributed by atoms with E-state index in [1.807, 2.05) is 13.0 Å². The van der Waals surface area contributed by atoms with E-state index >= 15 is 0 Å². The number of fused-ring (bicyclic) bond motifs is 1. The zero-order valence-electron chi connectivity index (χ0n) is 10.8. The van der Waals surface area contributed by atoms with Crippen molar-refractivity contribution in [2.45, 2.75) is 6.92 Å². The minimum atomic E-state index is -0.162. The molecule has 102 valence electrons. The number of anilines is 1. The summed E-state index contributed by atoms with van der Waals surface area (Å²) in [4.78, 5) is 12.2. The monoisotopic (exact) mass is 333 g/mol. The molecule has 0 fully saturated rings. The van der Waals surface area contributed by atoms with Gasteiger partial charge in [0.25, 0.3) is 5.91 Å². The first-order chi connectivity index (χ1) is 9.63. The fraction of sp³-hybridized carbons (Fsp3) is 0.133. The molecule has 2 aromatic carbocycles. The zero-order valence-corrected chi connectivity index (χ0v) is 12.4. The highest BCUT2D eigenvalue weighted by molar-refractivity contribution is 9.10. The van der Waals surface area contributed by atoms with Gasteiger partial charge in [-0.25, -0.2) is 0 Å². The molecule has 20 heavy (non-hydrogen) atoms. The van der Waals surface area contributed by atoms with Gasteiger partial charge in [-0.1, -0.05) is 22.0 Å². The molecule has 1 aliphatic rings. The molecule has 0 radical (unpaired) electrons. The Morgan fingerprint density at radius 2 is 1.95 bits per heavy atom. The Balaban J connectivity index is 1.80. The van der Waals surface area contributed by atoms with Gasteiger partial charge < -0.3 is 14.8 Å². The average Bonchev–Trinajstić information content (AvgIpc) is 2.89. The van der Waals surface area contributed by atoms with Gasteiger partial charge >= 0.3 is 0 Å². The molecule has 0 aliphatic carbocycles. The summed E-state index contributed by atoms with van der Waals surface area (Å²) in [6.45, 7) is 2.20. The maximum Gasteiger partial charge on any atom is 0.255 e. The summed E-state index contributed by atoms with van der Waals surface area (Å²) in [5.41, 5.74) is 2.36. The molecule has 1 amide bonds. The molecule has 3 rings (SSSR count). The first-order valence-corrected chi connectivity index (χ1v) is 6.90. The number of carbonyl (C=O) groups is 1. The number of hydrogen-bond donors (Lipinski definition) is 1. The van der Waals surface area contributed by atoms with Gasteiger partial charge in [-0.3, -0.25) is 4.79 Å². The Labute approximate surface area is 124 Å². The standard InChI is InChI=1S/C15H12BrNO3/c1-9-2-3-10(6-12(9)16)15(18)17-11-4-5-13-14(7-11)20-8-19-13/h2-7H,8H2,1H3,(H,17,18). The summed E-state index contributed by atoms with van der Waals surface area (Å²) >= 11 is 3.42. The van der Waals surface area contributed by atoms with Crippen LogP contribution in [0.4, 0.5) is 5.69 Å². The SMILES string of the molecule is Cc1ccc(C(=O)Nc2ccc3c(c2)OCO3)cc1Br. The highest BCUT2D eigenvalue weighted by Crippen LogP contribution is 2.34. The fourth-order valence-electron chi connectivity index (χ4n) is 1.91. The predicted octanol–water partition coefficient (Wildman–Crippen LogP) is 3.74. The minimum absolute atomic E-state index is 0.162. The Kier molecular flexibility index (Phi) is 3.36. The van der Waals surface area contributed by atoms with Crippen molar-refractivity contribution in [2.24, 2.45) is 0 Å². The lowest BCUT2D eigenvalue weighted by molar-refractivity contribution is 0.102. The molecule has 0 saturated carbocycles. The largest absolute Gasteiger partial charge is 0.454 e. The number of rotatable bonds is 2. The van der Waals surface area contributed by atoms with E-state index in [0.717, 1.165) is 10.0 Å². The first-order valence-electron chi connectivity index (χ1n) is 6.10. The second-order valence-electron chi connectivity index (χ2n) is 4.49. The second-order valence-corrected chi connectivity index (χ2v) is 5.34. The summed E-state index contributed by atoms with van der Waals surface area (Å²) in [5.74, 6) is 1.18. The average molecular weight is 334 g/mol. The molecule has 2 aromatic rings. The summed E-state index contributed by atoms with van der Waals surface area (Å²) < 4.78 is 11.4. The van der Waals surface area contributed by atoms with E-state index in [9.17, 15) is 4.79 Å². The van der Waals surface area contributed by atoms with Crippen LogP contribution in [0.3, 0.4) is 0 Å². The lowest BCUT2D eigenvalue weighted by atomic mass is 10.1. The lowest BCUT2D eigenvalue weighted by Crippen LogP contribution is -2.11. The second kappa shape index (κ2) is 5.17. The van der Waals surface area contributed by atoms with Gasteiger partial charge in [-0.05, 0) is 36.8 Å². The van der Waals surface area contributed by atoms with Crippen molar-refractivity contribution in [3.8, 4) is 11.5 Å². The molecule has 0 aromatic heterocycles. The van der Waals surface area contributed by atoms with Gasteiger partial charge in [-0.15, -0.1) is 0 Å². The third kappa shape index (κ3) is 2.49. The van der Waals surface area contributed by atoms with Crippen molar-refractivity contribution in [3.05, 3.63) is 52.0 Å². The molecule has 5 heteroatoms. The van der Waals surface area contributed by atoms with Crippen LogP contribution in [0, 0.1) is 6.92 Å². The van der Waals surface area contributed by atoms with Crippen LogP contribution >= 0.6 is 15.9 Å². The summed E-state index contributed by atoms with van der Waals surface area (Å²) in [6.07, 6.45) is 0. The molecule has 0 bridgehead atoms. The van der Waals surface area contributed by atoms with Crippen molar-refractivity contribution in [1.29, 1.82) is 0 Å². The summed E-state index contributed by atoms with van der Waals surface area (Å²) in [6, 6.07) is 10.8. The molecular weight excluding hydrogens is 322 g/mol. The van der Waals surface area contributed by atoms with Crippen LogP contribution < -0.4 is 14.8 Å². The highest BCUT2D eigenvalue weighted by Gasteiger charge is 2.14. The first kappa shape index (κ1) is 13.0. The van der Waals surface area contributed by atoms with Gasteiger partial charge in [-0.2, -0.15) is 0 Å². The Hall–Kier alpha value is -2.01. The highest BCUT2D eigenvalue weighted by atomic mass is 79.9. The maximum atomic E-state index is 12.2. The smallest absolute Gasteiger partial charge is 0.255 e. The molecule has 0 atom stereocenters. The van der Waals surface area contributed by atoms with Crippen molar-refractivity contribution in [3.63, 3.8) is 0 Å². The fourth-order valence-corrected chi connectivity index (χ4v) is 2.29. The zero-order chi connectivity index (χ0) is 14.1. The van der Waals surface area contributed by atoms with Gasteiger partial charge in [0.05, 0.1) is 0 Å². The van der Waals surface area contributed by atoms with Crippen LogP contribution in [0.25, 0.3) is 0 Å². The molecule has 0 saturated heterocycles. The third-order valence-electron chi connectivity index (χ3n) is 3.06. The van der Waals surface area contributed by atoms with E-state index in [1.54, 1.807) is 30.3 Å². The van der Waals surface area contributed by atoms with Gasteiger partial charge in [0.2, 0.25) is 6.79 Å². The van der Waals surface area contributed by atoms with Crippen LogP contribution in [0.5, 0.6) is 11.5 Å². The van der Waals surface area contributed by atoms with Crippen LogP contribution in [-0.4, -0.2) is 12.7 Å². The Bertz CT molecular complexity index is 685. The van der Waals surface area contributed by atoms with Crippen molar-refractivity contribution in [2.75, 3.05) is 12.1 Å². The van der Waals surface area contributed by atoms with E-state index in [-0.39, 0.29) is 12.7 Å². The summed E-state index contributed by atoms with van der Waals surface area (Å²) in [5, 5.41) is 2.84.